The summed E-state index contributed by atoms with van der Waals surface area (Å²) in [6.45, 7) is 0.140. The molecule has 4 rings (SSSR count). The van der Waals surface area contributed by atoms with Gasteiger partial charge in [-0.15, -0.1) is 0 Å². The summed E-state index contributed by atoms with van der Waals surface area (Å²) in [5.41, 5.74) is 0.458. The lowest BCUT2D eigenvalue weighted by molar-refractivity contribution is 0.0946. The number of aromatic nitrogens is 4. The van der Waals surface area contributed by atoms with Gasteiger partial charge in [0.05, 0.1) is 28.7 Å². The standard InChI is InChI=1S/C22H17ClFN5O3/c1-28-19-11-26-18(20(30)27-10-14-3-2-6-25-9-14)8-15(19)21(31)29(22(28)32)12-13-4-5-17(24)16(23)7-13/h2-9,11H,10,12H2,1H3,(H,27,30). The van der Waals surface area contributed by atoms with Crippen LogP contribution >= 0.6 is 11.6 Å². The molecule has 4 aromatic rings. The van der Waals surface area contributed by atoms with Crippen LogP contribution in [0.15, 0.2) is 64.6 Å². The Morgan fingerprint density at radius 3 is 2.69 bits per heavy atom. The number of rotatable bonds is 5. The quantitative estimate of drug-likeness (QED) is 0.499. The van der Waals surface area contributed by atoms with Crippen molar-refractivity contribution in [3.8, 4) is 0 Å². The average molecular weight is 454 g/mol. The summed E-state index contributed by atoms with van der Waals surface area (Å²) in [5, 5.41) is 2.77. The van der Waals surface area contributed by atoms with Crippen LogP contribution in [0.5, 0.6) is 0 Å². The average Bonchev–Trinajstić information content (AvgIpc) is 2.81. The third-order valence-electron chi connectivity index (χ3n) is 4.97. The number of hydrogen-bond acceptors (Lipinski definition) is 5. The highest BCUT2D eigenvalue weighted by molar-refractivity contribution is 6.30. The van der Waals surface area contributed by atoms with Gasteiger partial charge in [0.15, 0.2) is 0 Å². The van der Waals surface area contributed by atoms with E-state index in [-0.39, 0.29) is 34.7 Å². The number of hydrogen-bond donors (Lipinski definition) is 1. The summed E-state index contributed by atoms with van der Waals surface area (Å²) in [5.74, 6) is -1.07. The Bertz CT molecular complexity index is 1450. The first-order valence-electron chi connectivity index (χ1n) is 9.56. The van der Waals surface area contributed by atoms with Gasteiger partial charge in [0.1, 0.15) is 11.5 Å². The number of nitrogens with one attached hydrogen (secondary N) is 1. The normalized spacial score (nSPS) is 11.0. The second kappa shape index (κ2) is 8.72. The fourth-order valence-corrected chi connectivity index (χ4v) is 3.47. The van der Waals surface area contributed by atoms with Crippen LogP contribution < -0.4 is 16.6 Å². The fraction of sp³-hybridized carbons (Fsp3) is 0.136. The second-order valence-corrected chi connectivity index (χ2v) is 7.52. The molecule has 0 aliphatic heterocycles. The minimum Gasteiger partial charge on any atom is -0.347 e. The van der Waals surface area contributed by atoms with Crippen LogP contribution in [-0.4, -0.2) is 25.0 Å². The van der Waals surface area contributed by atoms with Crippen LogP contribution in [0.2, 0.25) is 5.02 Å². The van der Waals surface area contributed by atoms with Gasteiger partial charge < -0.3 is 5.32 Å². The number of carbonyl (C=O) groups excluding carboxylic acids is 1. The van der Waals surface area contributed by atoms with Crippen molar-refractivity contribution >= 4 is 28.4 Å². The summed E-state index contributed by atoms with van der Waals surface area (Å²) < 4.78 is 15.7. The van der Waals surface area contributed by atoms with E-state index in [1.54, 1.807) is 18.5 Å². The highest BCUT2D eigenvalue weighted by Crippen LogP contribution is 2.16. The van der Waals surface area contributed by atoms with Crippen molar-refractivity contribution in [2.24, 2.45) is 7.05 Å². The summed E-state index contributed by atoms with van der Waals surface area (Å²) in [6.07, 6.45) is 4.58. The van der Waals surface area contributed by atoms with Gasteiger partial charge in [-0.25, -0.2) is 14.2 Å². The predicted octanol–water partition coefficient (Wildman–Crippen LogP) is 2.26. The third-order valence-corrected chi connectivity index (χ3v) is 5.26. The fourth-order valence-electron chi connectivity index (χ4n) is 3.26. The molecule has 0 spiro atoms. The molecule has 0 saturated heterocycles. The first-order chi connectivity index (χ1) is 15.3. The maximum absolute atomic E-state index is 13.4. The Kier molecular flexibility index (Phi) is 5.83. The lowest BCUT2D eigenvalue weighted by atomic mass is 10.2. The van der Waals surface area contributed by atoms with Gasteiger partial charge in [-0.1, -0.05) is 23.7 Å². The van der Waals surface area contributed by atoms with E-state index in [0.717, 1.165) is 10.1 Å². The summed E-state index contributed by atoms with van der Waals surface area (Å²) in [4.78, 5) is 46.5. The van der Waals surface area contributed by atoms with Gasteiger partial charge in [-0.05, 0) is 35.4 Å². The van der Waals surface area contributed by atoms with E-state index in [0.29, 0.717) is 5.56 Å². The molecule has 0 aliphatic rings. The van der Waals surface area contributed by atoms with Crippen molar-refractivity contribution in [1.82, 2.24) is 24.4 Å². The summed E-state index contributed by atoms with van der Waals surface area (Å²) >= 11 is 5.81. The number of halogens is 2. The molecule has 0 atom stereocenters. The van der Waals surface area contributed by atoms with Gasteiger partial charge in [-0.2, -0.15) is 0 Å². The third kappa shape index (κ3) is 4.15. The van der Waals surface area contributed by atoms with Crippen LogP contribution in [-0.2, 0) is 20.1 Å². The van der Waals surface area contributed by atoms with Gasteiger partial charge in [0, 0.05) is 26.0 Å². The zero-order valence-electron chi connectivity index (χ0n) is 16.9. The first kappa shape index (κ1) is 21.4. The highest BCUT2D eigenvalue weighted by atomic mass is 35.5. The molecule has 3 aromatic heterocycles. The molecular weight excluding hydrogens is 437 g/mol. The minimum absolute atomic E-state index is 0.0357. The number of benzene rings is 1. The Morgan fingerprint density at radius 1 is 1.16 bits per heavy atom. The number of pyridine rings is 2. The monoisotopic (exact) mass is 453 g/mol. The molecule has 10 heteroatoms. The predicted molar refractivity (Wildman–Crippen MR) is 117 cm³/mol. The number of nitrogens with zero attached hydrogens (tertiary/aromatic N) is 4. The minimum atomic E-state index is -0.595. The maximum Gasteiger partial charge on any atom is 0.331 e. The van der Waals surface area contributed by atoms with Crippen molar-refractivity contribution in [2.45, 2.75) is 13.1 Å². The van der Waals surface area contributed by atoms with Crippen LogP contribution in [0.25, 0.3) is 10.9 Å². The van der Waals surface area contributed by atoms with Gasteiger partial charge in [-0.3, -0.25) is 23.7 Å². The van der Waals surface area contributed by atoms with Crippen molar-refractivity contribution in [3.05, 3.63) is 103 Å². The maximum atomic E-state index is 13.4. The molecule has 0 unspecified atom stereocenters. The molecule has 0 bridgehead atoms. The Hall–Kier alpha value is -3.85. The van der Waals surface area contributed by atoms with Crippen molar-refractivity contribution < 1.29 is 9.18 Å². The van der Waals surface area contributed by atoms with Crippen LogP contribution in [0.1, 0.15) is 21.6 Å². The van der Waals surface area contributed by atoms with Crippen LogP contribution in [0.3, 0.4) is 0 Å². The van der Waals surface area contributed by atoms with Gasteiger partial charge >= 0.3 is 5.69 Å². The lowest BCUT2D eigenvalue weighted by Crippen LogP contribution is -2.39. The highest BCUT2D eigenvalue weighted by Gasteiger charge is 2.16. The molecule has 0 saturated carbocycles. The molecular formula is C22H17ClFN5O3. The van der Waals surface area contributed by atoms with Gasteiger partial charge in [0.25, 0.3) is 11.5 Å². The molecule has 3 heterocycles. The Balaban J connectivity index is 1.70. The van der Waals surface area contributed by atoms with Crippen molar-refractivity contribution in [3.63, 3.8) is 0 Å². The Morgan fingerprint density at radius 2 is 1.97 bits per heavy atom. The summed E-state index contributed by atoms with van der Waals surface area (Å²) in [7, 11) is 1.50. The second-order valence-electron chi connectivity index (χ2n) is 7.11. The molecule has 8 nitrogen and oxygen atoms in total. The lowest BCUT2D eigenvalue weighted by Gasteiger charge is -2.12. The van der Waals surface area contributed by atoms with E-state index < -0.39 is 23.0 Å². The van der Waals surface area contributed by atoms with Gasteiger partial charge in [0.2, 0.25) is 0 Å². The molecule has 32 heavy (non-hydrogen) atoms. The SMILES string of the molecule is Cn1c(=O)n(Cc2ccc(F)c(Cl)c2)c(=O)c2cc(C(=O)NCc3cccnc3)ncc21. The number of aryl methyl sites for hydroxylation is 1. The summed E-state index contributed by atoms with van der Waals surface area (Å²) in [6, 6.07) is 8.90. The van der Waals surface area contributed by atoms with Crippen LogP contribution in [0.4, 0.5) is 4.39 Å². The zero-order valence-corrected chi connectivity index (χ0v) is 17.6. The molecule has 0 radical (unpaired) electrons. The number of carbonyl (C=O) groups is 1. The van der Waals surface area contributed by atoms with E-state index in [1.165, 1.54) is 42.1 Å². The van der Waals surface area contributed by atoms with E-state index in [4.69, 9.17) is 11.6 Å². The topological polar surface area (TPSA) is 98.9 Å². The zero-order chi connectivity index (χ0) is 22.8. The molecule has 0 aliphatic carbocycles. The number of fused-ring (bicyclic) bond motifs is 1. The van der Waals surface area contributed by atoms with E-state index >= 15 is 0 Å². The molecule has 1 aromatic carbocycles. The van der Waals surface area contributed by atoms with Crippen molar-refractivity contribution in [2.75, 3.05) is 0 Å². The Labute approximate surface area is 185 Å². The molecule has 0 fully saturated rings. The molecule has 1 amide bonds. The number of amides is 1. The molecule has 162 valence electrons. The van der Waals surface area contributed by atoms with Crippen LogP contribution in [0, 0.1) is 5.82 Å². The van der Waals surface area contributed by atoms with Crippen molar-refractivity contribution in [1.29, 1.82) is 0 Å². The largest absolute Gasteiger partial charge is 0.347 e. The molecule has 1 N–H and O–H groups in total. The van der Waals surface area contributed by atoms with E-state index in [1.807, 2.05) is 6.07 Å². The van der Waals surface area contributed by atoms with E-state index in [2.05, 4.69) is 15.3 Å². The smallest absolute Gasteiger partial charge is 0.331 e. The van der Waals surface area contributed by atoms with E-state index in [9.17, 15) is 18.8 Å². The first-order valence-corrected chi connectivity index (χ1v) is 9.93.